The first kappa shape index (κ1) is 15.7. The zero-order chi connectivity index (χ0) is 18.4. The number of rotatable bonds is 2. The highest BCUT2D eigenvalue weighted by molar-refractivity contribution is 6.07. The van der Waals surface area contributed by atoms with E-state index in [1.54, 1.807) is 24.3 Å². The van der Waals surface area contributed by atoms with E-state index in [2.05, 4.69) is 0 Å². The van der Waals surface area contributed by atoms with Crippen LogP contribution in [0.4, 0.5) is 5.69 Å². The van der Waals surface area contributed by atoms with E-state index < -0.39 is 5.97 Å². The molecule has 4 N–H and O–H groups in total. The molecule has 0 aromatic heterocycles. The van der Waals surface area contributed by atoms with Gasteiger partial charge in [-0.3, -0.25) is 4.79 Å². The van der Waals surface area contributed by atoms with Gasteiger partial charge < -0.3 is 20.4 Å². The van der Waals surface area contributed by atoms with E-state index in [0.717, 1.165) is 0 Å². The van der Waals surface area contributed by atoms with E-state index in [-0.39, 0.29) is 16.7 Å². The molecule has 0 amide bonds. The second-order valence-electron chi connectivity index (χ2n) is 5.93. The zero-order valence-corrected chi connectivity index (χ0v) is 13.4. The molecule has 2 aliphatic rings. The number of anilines is 1. The fourth-order valence-electron chi connectivity index (χ4n) is 3.11. The number of phenols is 1. The summed E-state index contributed by atoms with van der Waals surface area (Å²) in [7, 11) is 0. The molecular formula is C20H13NO5. The van der Waals surface area contributed by atoms with Crippen LogP contribution >= 0.6 is 0 Å². The Labute approximate surface area is 147 Å². The maximum Gasteiger partial charge on any atom is 0.336 e. The lowest BCUT2D eigenvalue weighted by atomic mass is 9.90. The Kier molecular flexibility index (Phi) is 3.40. The lowest BCUT2D eigenvalue weighted by molar-refractivity contribution is 0.0698. The number of fused-ring (bicyclic) bond motifs is 2. The van der Waals surface area contributed by atoms with Crippen molar-refractivity contribution >= 4 is 22.6 Å². The molecule has 128 valence electrons. The first-order chi connectivity index (χ1) is 12.4. The van der Waals surface area contributed by atoms with Gasteiger partial charge in [0.15, 0.2) is 5.43 Å². The van der Waals surface area contributed by atoms with Crippen LogP contribution in [0.5, 0.6) is 5.75 Å². The van der Waals surface area contributed by atoms with Gasteiger partial charge in [-0.05, 0) is 42.0 Å². The number of nitrogens with two attached hydrogens (primary N) is 1. The zero-order valence-electron chi connectivity index (χ0n) is 13.4. The number of nitrogen functional groups attached to an aromatic ring is 1. The van der Waals surface area contributed by atoms with Crippen LogP contribution in [0.15, 0.2) is 63.8 Å². The van der Waals surface area contributed by atoms with E-state index >= 15 is 0 Å². The van der Waals surface area contributed by atoms with E-state index in [9.17, 15) is 19.8 Å². The molecule has 1 heterocycles. The summed E-state index contributed by atoms with van der Waals surface area (Å²) < 4.78 is 5.76. The predicted octanol–water partition coefficient (Wildman–Crippen LogP) is 3.55. The summed E-state index contributed by atoms with van der Waals surface area (Å²) in [4.78, 5) is 23.5. The maximum atomic E-state index is 11.8. The monoisotopic (exact) mass is 347 g/mol. The van der Waals surface area contributed by atoms with E-state index in [0.29, 0.717) is 39.1 Å². The average Bonchev–Trinajstić information content (AvgIpc) is 2.59. The van der Waals surface area contributed by atoms with Gasteiger partial charge in [0.1, 0.15) is 17.1 Å². The summed E-state index contributed by atoms with van der Waals surface area (Å²) in [6, 6.07) is 13.5. The Hall–Kier alpha value is -3.80. The third-order valence-corrected chi connectivity index (χ3v) is 4.22. The molecule has 4 rings (SSSR count). The molecule has 6 heteroatoms. The predicted molar refractivity (Wildman–Crippen MR) is 97.6 cm³/mol. The summed E-state index contributed by atoms with van der Waals surface area (Å²) in [5.74, 6) is -0.812. The second-order valence-corrected chi connectivity index (χ2v) is 5.93. The minimum atomic E-state index is -1.12. The number of carboxylic acid groups (broad SMARTS) is 1. The second kappa shape index (κ2) is 5.63. The van der Waals surface area contributed by atoms with Crippen molar-refractivity contribution in [3.8, 4) is 28.2 Å². The van der Waals surface area contributed by atoms with Gasteiger partial charge in [0.2, 0.25) is 0 Å². The summed E-state index contributed by atoms with van der Waals surface area (Å²) in [6.45, 7) is 0. The third kappa shape index (κ3) is 2.44. The first-order valence-corrected chi connectivity index (χ1v) is 7.77. The Balaban J connectivity index is 2.21. The first-order valence-electron chi connectivity index (χ1n) is 7.77. The van der Waals surface area contributed by atoms with Crippen LogP contribution in [0.2, 0.25) is 0 Å². The fourth-order valence-corrected chi connectivity index (χ4v) is 3.11. The smallest absolute Gasteiger partial charge is 0.336 e. The Morgan fingerprint density at radius 2 is 1.73 bits per heavy atom. The van der Waals surface area contributed by atoms with E-state index in [4.69, 9.17) is 10.2 Å². The molecule has 26 heavy (non-hydrogen) atoms. The Bertz CT molecular complexity index is 1210. The van der Waals surface area contributed by atoms with Crippen molar-refractivity contribution in [3.05, 3.63) is 70.4 Å². The molecule has 2 aromatic carbocycles. The van der Waals surface area contributed by atoms with Crippen molar-refractivity contribution in [2.45, 2.75) is 0 Å². The molecular weight excluding hydrogens is 334 g/mol. The van der Waals surface area contributed by atoms with Crippen LogP contribution in [0.25, 0.3) is 33.4 Å². The van der Waals surface area contributed by atoms with Crippen LogP contribution in [-0.2, 0) is 0 Å². The highest BCUT2D eigenvalue weighted by atomic mass is 16.4. The van der Waals surface area contributed by atoms with Gasteiger partial charge in [-0.2, -0.15) is 0 Å². The quantitative estimate of drug-likeness (QED) is 0.377. The molecule has 0 atom stereocenters. The van der Waals surface area contributed by atoms with Gasteiger partial charge in [0, 0.05) is 34.3 Å². The molecule has 1 aliphatic carbocycles. The summed E-state index contributed by atoms with van der Waals surface area (Å²) in [6.07, 6.45) is 0. The SMILES string of the molecule is Nc1ccc(-c2c3ccc(=O)cc-3oc3cc(O)ccc23)c(C(=O)O)c1. The average molecular weight is 347 g/mol. The molecule has 0 radical (unpaired) electrons. The largest absolute Gasteiger partial charge is 0.508 e. The number of hydrogen-bond donors (Lipinski definition) is 3. The van der Waals surface area contributed by atoms with Crippen molar-refractivity contribution in [3.63, 3.8) is 0 Å². The van der Waals surface area contributed by atoms with Gasteiger partial charge in [0.25, 0.3) is 0 Å². The summed E-state index contributed by atoms with van der Waals surface area (Å²) in [5.41, 5.74) is 7.87. The van der Waals surface area contributed by atoms with Gasteiger partial charge in [0.05, 0.1) is 5.56 Å². The number of aromatic hydroxyl groups is 1. The van der Waals surface area contributed by atoms with Gasteiger partial charge in [-0.1, -0.05) is 6.07 Å². The molecule has 0 saturated carbocycles. The number of aromatic carboxylic acids is 1. The van der Waals surface area contributed by atoms with Crippen LogP contribution in [0.3, 0.4) is 0 Å². The number of carboxylic acids is 1. The lowest BCUT2D eigenvalue weighted by Gasteiger charge is -2.17. The lowest BCUT2D eigenvalue weighted by Crippen LogP contribution is -2.04. The topological polar surface area (TPSA) is 114 Å². The van der Waals surface area contributed by atoms with Crippen molar-refractivity contribution in [2.75, 3.05) is 5.73 Å². The molecule has 1 aliphatic heterocycles. The minimum Gasteiger partial charge on any atom is -0.508 e. The number of benzene rings is 3. The van der Waals surface area contributed by atoms with E-state index in [1.165, 1.54) is 30.3 Å². The van der Waals surface area contributed by atoms with Gasteiger partial charge in [-0.25, -0.2) is 4.79 Å². The Morgan fingerprint density at radius 1 is 0.962 bits per heavy atom. The van der Waals surface area contributed by atoms with Crippen molar-refractivity contribution in [2.24, 2.45) is 0 Å². The third-order valence-electron chi connectivity index (χ3n) is 4.22. The number of hydrogen-bond acceptors (Lipinski definition) is 5. The molecule has 6 nitrogen and oxygen atoms in total. The highest BCUT2D eigenvalue weighted by Crippen LogP contribution is 2.42. The van der Waals surface area contributed by atoms with Crippen LogP contribution in [0, 0.1) is 0 Å². The molecule has 0 bridgehead atoms. The van der Waals surface area contributed by atoms with Gasteiger partial charge in [-0.15, -0.1) is 0 Å². The molecule has 2 aromatic rings. The van der Waals surface area contributed by atoms with Crippen LogP contribution < -0.4 is 11.2 Å². The van der Waals surface area contributed by atoms with Gasteiger partial charge >= 0.3 is 5.97 Å². The minimum absolute atomic E-state index is 0.000548. The maximum absolute atomic E-state index is 11.8. The molecule has 0 saturated heterocycles. The Morgan fingerprint density at radius 3 is 2.50 bits per heavy atom. The van der Waals surface area contributed by atoms with E-state index in [1.807, 2.05) is 0 Å². The number of phenolic OH excluding ortho intramolecular Hbond substituents is 1. The van der Waals surface area contributed by atoms with Crippen LogP contribution in [0.1, 0.15) is 10.4 Å². The standard InChI is InChI=1S/C20H13NO5/c21-10-1-4-13(16(7-10)20(24)25)19-14-5-2-11(22)8-17(14)26-18-9-12(23)3-6-15(18)19/h1-9,22H,21H2,(H,24,25). The molecule has 0 unspecified atom stereocenters. The summed E-state index contributed by atoms with van der Waals surface area (Å²) >= 11 is 0. The van der Waals surface area contributed by atoms with Crippen LogP contribution in [-0.4, -0.2) is 16.2 Å². The summed E-state index contributed by atoms with van der Waals surface area (Å²) in [5, 5.41) is 20.0. The van der Waals surface area contributed by atoms with Crippen molar-refractivity contribution < 1.29 is 19.4 Å². The molecule has 0 fully saturated rings. The fraction of sp³-hybridized carbons (Fsp3) is 0. The normalized spacial score (nSPS) is 11.1. The van der Waals surface area contributed by atoms with Crippen molar-refractivity contribution in [1.82, 2.24) is 0 Å². The molecule has 0 spiro atoms. The van der Waals surface area contributed by atoms with Crippen molar-refractivity contribution in [1.29, 1.82) is 0 Å². The number of carbonyl (C=O) groups is 1. The highest BCUT2D eigenvalue weighted by Gasteiger charge is 2.21.